The Kier molecular flexibility index (Phi) is 6.32. The molecule has 2 aromatic carbocycles. The fourth-order valence-corrected chi connectivity index (χ4v) is 4.87. The van der Waals surface area contributed by atoms with Crippen LogP contribution in [0, 0.1) is 0 Å². The van der Waals surface area contributed by atoms with Gasteiger partial charge in [-0.1, -0.05) is 12.1 Å². The van der Waals surface area contributed by atoms with Crippen molar-refractivity contribution in [2.45, 2.75) is 18.4 Å². The highest BCUT2D eigenvalue weighted by molar-refractivity contribution is 5.95. The zero-order chi connectivity index (χ0) is 25.3. The molecule has 2 aliphatic heterocycles. The minimum Gasteiger partial charge on any atom is -0.497 e. The summed E-state index contributed by atoms with van der Waals surface area (Å²) in [7, 11) is 3.24. The molecule has 0 aliphatic carbocycles. The summed E-state index contributed by atoms with van der Waals surface area (Å²) >= 11 is 0. The average molecular weight is 491 g/mol. The monoisotopic (exact) mass is 490 g/mol. The predicted octanol–water partition coefficient (Wildman–Crippen LogP) is 2.80. The number of hydrogen-bond donors (Lipinski definition) is 2. The number of likely N-dealkylation sites (tertiary alicyclic amines) is 1. The quantitative estimate of drug-likeness (QED) is 0.552. The molecule has 3 heterocycles. The van der Waals surface area contributed by atoms with Gasteiger partial charge in [-0.3, -0.25) is 14.3 Å². The van der Waals surface area contributed by atoms with E-state index in [-0.39, 0.29) is 18.4 Å². The second kappa shape index (κ2) is 9.58. The van der Waals surface area contributed by atoms with E-state index in [4.69, 9.17) is 9.47 Å². The Morgan fingerprint density at radius 1 is 1.06 bits per heavy atom. The Labute approximate surface area is 209 Å². The van der Waals surface area contributed by atoms with Gasteiger partial charge in [0.1, 0.15) is 23.9 Å². The number of nitrogens with zero attached hydrogens (tertiary/aromatic N) is 3. The molecule has 0 spiro atoms. The van der Waals surface area contributed by atoms with Gasteiger partial charge in [-0.2, -0.15) is 0 Å². The van der Waals surface area contributed by atoms with E-state index in [0.717, 1.165) is 22.6 Å². The maximum Gasteiger partial charge on any atom is 0.273 e. The molecular weight excluding hydrogens is 460 g/mol. The first kappa shape index (κ1) is 23.7. The molecule has 0 radical (unpaired) electrons. The summed E-state index contributed by atoms with van der Waals surface area (Å²) in [6, 6.07) is 16.6. The summed E-state index contributed by atoms with van der Waals surface area (Å²) in [4.78, 5) is 29.3. The highest BCUT2D eigenvalue weighted by Gasteiger charge is 2.38. The lowest BCUT2D eigenvalue weighted by molar-refractivity contribution is -0.0369. The number of methoxy groups -OCH3 is 2. The number of amides is 2. The van der Waals surface area contributed by atoms with Crippen molar-refractivity contribution in [1.82, 2.24) is 14.5 Å². The van der Waals surface area contributed by atoms with Gasteiger partial charge in [-0.05, 0) is 60.9 Å². The number of fused-ring (bicyclic) bond motifs is 1. The zero-order valence-electron chi connectivity index (χ0n) is 20.4. The molecule has 5 rings (SSSR count). The van der Waals surface area contributed by atoms with Crippen LogP contribution >= 0.6 is 0 Å². The topological polar surface area (TPSA) is 96.3 Å². The summed E-state index contributed by atoms with van der Waals surface area (Å²) < 4.78 is 12.5. The van der Waals surface area contributed by atoms with Crippen LogP contribution in [0.2, 0.25) is 0 Å². The number of benzene rings is 2. The van der Waals surface area contributed by atoms with Crippen molar-refractivity contribution in [3.05, 3.63) is 72.1 Å². The van der Waals surface area contributed by atoms with Crippen LogP contribution in [-0.2, 0) is 0 Å². The van der Waals surface area contributed by atoms with E-state index in [1.807, 2.05) is 48.5 Å². The Morgan fingerprint density at radius 3 is 2.50 bits per heavy atom. The fraction of sp³-hybridized carbons (Fsp3) is 0.333. The first-order chi connectivity index (χ1) is 17.4. The average Bonchev–Trinajstić information content (AvgIpc) is 3.40. The highest BCUT2D eigenvalue weighted by Crippen LogP contribution is 2.34. The van der Waals surface area contributed by atoms with Crippen LogP contribution in [0.3, 0.4) is 0 Å². The third-order valence-corrected chi connectivity index (χ3v) is 7.00. The summed E-state index contributed by atoms with van der Waals surface area (Å²) in [5.74, 6) is 1.26. The van der Waals surface area contributed by atoms with E-state index < -0.39 is 5.60 Å². The smallest absolute Gasteiger partial charge is 0.273 e. The Hall–Kier alpha value is -3.98. The van der Waals surface area contributed by atoms with Crippen LogP contribution in [0.1, 0.15) is 33.7 Å². The Balaban J connectivity index is 1.22. The highest BCUT2D eigenvalue weighted by atomic mass is 16.5. The molecule has 0 bridgehead atoms. The number of carbonyl (C=O) groups is 2. The first-order valence-electron chi connectivity index (χ1n) is 12.0. The maximum absolute atomic E-state index is 13.2. The van der Waals surface area contributed by atoms with E-state index in [9.17, 15) is 14.7 Å². The first-order valence-corrected chi connectivity index (χ1v) is 12.0. The number of hydrogen-bond acceptors (Lipinski definition) is 6. The molecule has 0 saturated carbocycles. The van der Waals surface area contributed by atoms with Gasteiger partial charge in [0, 0.05) is 30.4 Å². The lowest BCUT2D eigenvalue weighted by atomic mass is 9.90. The molecule has 188 valence electrons. The fourth-order valence-electron chi connectivity index (χ4n) is 4.87. The van der Waals surface area contributed by atoms with Crippen molar-refractivity contribution in [3.8, 4) is 22.6 Å². The van der Waals surface area contributed by atoms with E-state index >= 15 is 0 Å². The number of aliphatic hydroxyl groups is 1. The van der Waals surface area contributed by atoms with E-state index in [1.54, 1.807) is 41.0 Å². The summed E-state index contributed by atoms with van der Waals surface area (Å²) in [6.07, 6.45) is 2.61. The molecule has 2 N–H and O–H groups in total. The van der Waals surface area contributed by atoms with Gasteiger partial charge in [-0.15, -0.1) is 0 Å². The minimum absolute atomic E-state index is 0.0743. The molecule has 9 nitrogen and oxygen atoms in total. The number of β-amino-alcohol motifs (C(OH)–C–C–N with tert-alkyl or cyclic N) is 1. The van der Waals surface area contributed by atoms with Gasteiger partial charge in [-0.25, -0.2) is 0 Å². The SMILES string of the molecule is COc1ccc(OC)c(-c2ccc(C(=O)N3CCC(O)(CN4CNn5cccc5C4=O)CC3)cc2)c1. The lowest BCUT2D eigenvalue weighted by Gasteiger charge is -2.42. The number of carbonyl (C=O) groups excluding carboxylic acids is 2. The van der Waals surface area contributed by atoms with Gasteiger partial charge < -0.3 is 29.8 Å². The Morgan fingerprint density at radius 2 is 1.81 bits per heavy atom. The zero-order valence-corrected chi connectivity index (χ0v) is 20.4. The number of nitrogens with one attached hydrogen (secondary N) is 1. The standard InChI is InChI=1S/C27H30N4O5/c1-35-21-9-10-24(36-2)22(16-21)19-5-7-20(8-6-19)25(32)29-14-11-27(34,12-15-29)17-30-18-28-31-13-3-4-23(31)26(30)33/h3-10,13,16,28,34H,11-12,14-15,17-18H2,1-2H3. The van der Waals surface area contributed by atoms with Crippen molar-refractivity contribution >= 4 is 11.8 Å². The molecule has 3 aromatic rings. The third kappa shape index (κ3) is 4.49. The van der Waals surface area contributed by atoms with Gasteiger partial charge in [0.25, 0.3) is 11.8 Å². The second-order valence-corrected chi connectivity index (χ2v) is 9.24. The van der Waals surface area contributed by atoms with Crippen LogP contribution in [0.25, 0.3) is 11.1 Å². The number of piperidine rings is 1. The molecule has 2 amide bonds. The van der Waals surface area contributed by atoms with Crippen LogP contribution in [0.15, 0.2) is 60.8 Å². The van der Waals surface area contributed by atoms with Crippen molar-refractivity contribution < 1.29 is 24.2 Å². The number of aromatic nitrogens is 1. The minimum atomic E-state index is -1.03. The molecule has 1 fully saturated rings. The van der Waals surface area contributed by atoms with E-state index in [2.05, 4.69) is 5.43 Å². The third-order valence-electron chi connectivity index (χ3n) is 7.00. The molecular formula is C27H30N4O5. The van der Waals surface area contributed by atoms with E-state index in [0.29, 0.717) is 43.9 Å². The number of rotatable bonds is 6. The lowest BCUT2D eigenvalue weighted by Crippen LogP contribution is -2.56. The second-order valence-electron chi connectivity index (χ2n) is 9.24. The molecule has 9 heteroatoms. The molecule has 1 saturated heterocycles. The van der Waals surface area contributed by atoms with Crippen LogP contribution in [0.5, 0.6) is 11.5 Å². The molecule has 1 aromatic heterocycles. The van der Waals surface area contributed by atoms with Crippen LogP contribution < -0.4 is 14.9 Å². The van der Waals surface area contributed by atoms with Gasteiger partial charge in [0.2, 0.25) is 0 Å². The van der Waals surface area contributed by atoms with Gasteiger partial charge >= 0.3 is 0 Å². The summed E-state index contributed by atoms with van der Waals surface area (Å²) in [6.45, 7) is 1.40. The Bertz CT molecular complexity index is 1260. The maximum atomic E-state index is 13.2. The van der Waals surface area contributed by atoms with Crippen LogP contribution in [-0.4, -0.2) is 77.5 Å². The van der Waals surface area contributed by atoms with Crippen LogP contribution in [0.4, 0.5) is 0 Å². The number of ether oxygens (including phenoxy) is 2. The summed E-state index contributed by atoms with van der Waals surface area (Å²) in [5.41, 5.74) is 5.04. The van der Waals surface area contributed by atoms with Gasteiger partial charge in [0.15, 0.2) is 0 Å². The molecule has 36 heavy (non-hydrogen) atoms. The largest absolute Gasteiger partial charge is 0.497 e. The molecule has 0 unspecified atom stereocenters. The van der Waals surface area contributed by atoms with Gasteiger partial charge in [0.05, 0.1) is 26.4 Å². The summed E-state index contributed by atoms with van der Waals surface area (Å²) in [5, 5.41) is 11.2. The van der Waals surface area contributed by atoms with Crippen molar-refractivity contribution in [2.24, 2.45) is 0 Å². The molecule has 0 atom stereocenters. The normalized spacial score (nSPS) is 16.8. The van der Waals surface area contributed by atoms with Crippen molar-refractivity contribution in [3.63, 3.8) is 0 Å². The predicted molar refractivity (Wildman–Crippen MR) is 135 cm³/mol. The van der Waals surface area contributed by atoms with Crippen molar-refractivity contribution in [2.75, 3.05) is 45.9 Å². The van der Waals surface area contributed by atoms with Crippen molar-refractivity contribution in [1.29, 1.82) is 0 Å². The van der Waals surface area contributed by atoms with E-state index in [1.165, 1.54) is 0 Å². The molecule has 2 aliphatic rings.